The third-order valence-electron chi connectivity index (χ3n) is 4.02. The van der Waals surface area contributed by atoms with Gasteiger partial charge in [0.05, 0.1) is 6.42 Å². The molecule has 1 aromatic carbocycles. The van der Waals surface area contributed by atoms with Gasteiger partial charge in [0, 0.05) is 6.54 Å². The molecule has 1 aliphatic heterocycles. The van der Waals surface area contributed by atoms with Gasteiger partial charge in [-0.3, -0.25) is 4.79 Å². The topological polar surface area (TPSA) is 41.1 Å². The lowest BCUT2D eigenvalue weighted by atomic mass is 9.99. The van der Waals surface area contributed by atoms with Crippen molar-refractivity contribution in [3.8, 4) is 0 Å². The smallest absolute Gasteiger partial charge is 0.224 e. The predicted octanol–water partition coefficient (Wildman–Crippen LogP) is 2.54. The van der Waals surface area contributed by atoms with Gasteiger partial charge in [0.25, 0.3) is 0 Å². The summed E-state index contributed by atoms with van der Waals surface area (Å²) < 4.78 is 0. The Bertz CT molecular complexity index is 433. The number of rotatable bonds is 6. The van der Waals surface area contributed by atoms with Crippen LogP contribution >= 0.6 is 0 Å². The average Bonchev–Trinajstić information content (AvgIpc) is 2.48. The number of hydrogen-bond acceptors (Lipinski definition) is 2. The molecule has 0 saturated carbocycles. The zero-order valence-electron chi connectivity index (χ0n) is 13.3. The van der Waals surface area contributed by atoms with E-state index in [1.54, 1.807) is 0 Å². The molecule has 1 aliphatic rings. The number of carbonyl (C=O) groups excluding carboxylic acids is 1. The van der Waals surface area contributed by atoms with Crippen LogP contribution in [0, 0.1) is 11.8 Å². The minimum absolute atomic E-state index is 0.136. The van der Waals surface area contributed by atoms with Crippen molar-refractivity contribution in [2.45, 2.75) is 39.5 Å². The minimum Gasteiger partial charge on any atom is -0.355 e. The molecule has 0 bridgehead atoms. The molecule has 2 N–H and O–H groups in total. The third kappa shape index (κ3) is 5.88. The van der Waals surface area contributed by atoms with Crippen LogP contribution in [-0.4, -0.2) is 25.5 Å². The van der Waals surface area contributed by atoms with E-state index in [0.717, 1.165) is 31.6 Å². The summed E-state index contributed by atoms with van der Waals surface area (Å²) in [6.45, 7) is 7.40. The highest BCUT2D eigenvalue weighted by molar-refractivity contribution is 5.78. The first kappa shape index (κ1) is 16.0. The maximum atomic E-state index is 12.0. The summed E-state index contributed by atoms with van der Waals surface area (Å²) in [6.07, 6.45) is 4.03. The minimum atomic E-state index is 0.136. The Balaban J connectivity index is 1.74. The number of carbonyl (C=O) groups is 1. The number of benzene rings is 1. The fourth-order valence-electron chi connectivity index (χ4n) is 2.87. The molecule has 0 aromatic heterocycles. The highest BCUT2D eigenvalue weighted by Gasteiger charge is 2.13. The van der Waals surface area contributed by atoms with Crippen molar-refractivity contribution in [2.75, 3.05) is 19.6 Å². The van der Waals surface area contributed by atoms with Crippen LogP contribution in [-0.2, 0) is 17.6 Å². The first-order valence-corrected chi connectivity index (χ1v) is 8.18. The van der Waals surface area contributed by atoms with Gasteiger partial charge in [-0.05, 0) is 55.3 Å². The Morgan fingerprint density at radius 3 is 2.62 bits per heavy atom. The lowest BCUT2D eigenvalue weighted by Gasteiger charge is -2.22. The van der Waals surface area contributed by atoms with Gasteiger partial charge >= 0.3 is 0 Å². The van der Waals surface area contributed by atoms with Crippen molar-refractivity contribution in [2.24, 2.45) is 11.8 Å². The zero-order valence-corrected chi connectivity index (χ0v) is 13.3. The number of amides is 1. The summed E-state index contributed by atoms with van der Waals surface area (Å²) in [5.41, 5.74) is 2.45. The molecule has 0 aliphatic carbocycles. The monoisotopic (exact) mass is 288 g/mol. The van der Waals surface area contributed by atoms with Crippen LogP contribution in [0.25, 0.3) is 0 Å². The van der Waals surface area contributed by atoms with Crippen LogP contribution in [0.3, 0.4) is 0 Å². The van der Waals surface area contributed by atoms with Crippen LogP contribution in [0.1, 0.15) is 37.8 Å². The van der Waals surface area contributed by atoms with Crippen LogP contribution in [0.5, 0.6) is 0 Å². The normalized spacial score (nSPS) is 18.7. The Morgan fingerprint density at radius 1 is 1.29 bits per heavy atom. The average molecular weight is 288 g/mol. The fraction of sp³-hybridized carbons (Fsp3) is 0.611. The Hall–Kier alpha value is -1.35. The second-order valence-corrected chi connectivity index (χ2v) is 6.61. The van der Waals surface area contributed by atoms with Gasteiger partial charge in [-0.2, -0.15) is 0 Å². The van der Waals surface area contributed by atoms with Crippen molar-refractivity contribution in [1.29, 1.82) is 0 Å². The van der Waals surface area contributed by atoms with Crippen LogP contribution < -0.4 is 10.6 Å². The van der Waals surface area contributed by atoms with E-state index in [0.29, 0.717) is 18.3 Å². The molecule has 1 amide bonds. The van der Waals surface area contributed by atoms with Crippen LogP contribution in [0.15, 0.2) is 24.3 Å². The number of hydrogen-bond donors (Lipinski definition) is 2. The second-order valence-electron chi connectivity index (χ2n) is 6.61. The van der Waals surface area contributed by atoms with Crippen LogP contribution in [0.2, 0.25) is 0 Å². The molecular weight excluding hydrogens is 260 g/mol. The van der Waals surface area contributed by atoms with Crippen molar-refractivity contribution in [3.63, 3.8) is 0 Å². The molecular formula is C18H28N2O. The van der Waals surface area contributed by atoms with E-state index >= 15 is 0 Å². The Kier molecular flexibility index (Phi) is 6.24. The molecule has 2 rings (SSSR count). The molecule has 3 heteroatoms. The summed E-state index contributed by atoms with van der Waals surface area (Å²) in [5, 5.41) is 6.45. The maximum Gasteiger partial charge on any atom is 0.224 e. The van der Waals surface area contributed by atoms with E-state index in [1.165, 1.54) is 18.4 Å². The lowest BCUT2D eigenvalue weighted by molar-refractivity contribution is -0.120. The van der Waals surface area contributed by atoms with Gasteiger partial charge in [-0.15, -0.1) is 0 Å². The van der Waals surface area contributed by atoms with Gasteiger partial charge < -0.3 is 10.6 Å². The summed E-state index contributed by atoms with van der Waals surface area (Å²) in [6, 6.07) is 8.46. The van der Waals surface area contributed by atoms with E-state index in [4.69, 9.17) is 0 Å². The van der Waals surface area contributed by atoms with Gasteiger partial charge in [-0.1, -0.05) is 38.1 Å². The quantitative estimate of drug-likeness (QED) is 0.844. The first-order valence-electron chi connectivity index (χ1n) is 8.18. The number of nitrogens with one attached hydrogen (secondary N) is 2. The van der Waals surface area contributed by atoms with Gasteiger partial charge in [-0.25, -0.2) is 0 Å². The highest BCUT2D eigenvalue weighted by atomic mass is 16.1. The third-order valence-corrected chi connectivity index (χ3v) is 4.02. The summed E-state index contributed by atoms with van der Waals surface area (Å²) in [5.74, 6) is 1.40. The van der Waals surface area contributed by atoms with Gasteiger partial charge in [0.2, 0.25) is 5.91 Å². The van der Waals surface area contributed by atoms with E-state index in [1.807, 2.05) is 0 Å². The molecule has 0 spiro atoms. The lowest BCUT2D eigenvalue weighted by Crippen LogP contribution is -2.38. The summed E-state index contributed by atoms with van der Waals surface area (Å²) in [7, 11) is 0. The molecule has 1 atom stereocenters. The molecule has 21 heavy (non-hydrogen) atoms. The molecule has 1 aromatic rings. The van der Waals surface area contributed by atoms with Gasteiger partial charge in [0.15, 0.2) is 0 Å². The standard InChI is InChI=1S/C18H28N2O/c1-14(2)10-15-5-7-16(8-6-15)11-18(21)20-13-17-4-3-9-19-12-17/h5-8,14,17,19H,3-4,9-13H2,1-2H3,(H,20,21). The largest absolute Gasteiger partial charge is 0.355 e. The molecule has 1 saturated heterocycles. The van der Waals surface area contributed by atoms with E-state index < -0.39 is 0 Å². The van der Waals surface area contributed by atoms with Crippen molar-refractivity contribution in [1.82, 2.24) is 10.6 Å². The molecule has 0 radical (unpaired) electrons. The molecule has 1 unspecified atom stereocenters. The predicted molar refractivity (Wildman–Crippen MR) is 87.3 cm³/mol. The number of piperidine rings is 1. The zero-order chi connectivity index (χ0) is 15.1. The van der Waals surface area contributed by atoms with Gasteiger partial charge in [0.1, 0.15) is 0 Å². The van der Waals surface area contributed by atoms with Crippen molar-refractivity contribution < 1.29 is 4.79 Å². The summed E-state index contributed by atoms with van der Waals surface area (Å²) in [4.78, 5) is 12.0. The molecule has 116 valence electrons. The van der Waals surface area contributed by atoms with E-state index in [9.17, 15) is 4.79 Å². The fourth-order valence-corrected chi connectivity index (χ4v) is 2.87. The summed E-state index contributed by atoms with van der Waals surface area (Å²) >= 11 is 0. The Morgan fingerprint density at radius 2 is 2.00 bits per heavy atom. The first-order chi connectivity index (χ1) is 10.1. The SMILES string of the molecule is CC(C)Cc1ccc(CC(=O)NCC2CCCNC2)cc1. The molecule has 1 heterocycles. The van der Waals surface area contributed by atoms with Crippen molar-refractivity contribution >= 4 is 5.91 Å². The second kappa shape index (κ2) is 8.18. The molecule has 1 fully saturated rings. The van der Waals surface area contributed by atoms with Crippen molar-refractivity contribution in [3.05, 3.63) is 35.4 Å². The van der Waals surface area contributed by atoms with E-state index in [-0.39, 0.29) is 5.91 Å². The van der Waals surface area contributed by atoms with E-state index in [2.05, 4.69) is 48.7 Å². The maximum absolute atomic E-state index is 12.0. The Labute approximate surface area is 128 Å². The highest BCUT2D eigenvalue weighted by Crippen LogP contribution is 2.11. The van der Waals surface area contributed by atoms with Crippen LogP contribution in [0.4, 0.5) is 0 Å². The molecule has 3 nitrogen and oxygen atoms in total.